The van der Waals surface area contributed by atoms with Gasteiger partial charge in [0.25, 0.3) is 0 Å². The molecular weight excluding hydrogens is 300 g/mol. The lowest BCUT2D eigenvalue weighted by molar-refractivity contribution is -0.112. The van der Waals surface area contributed by atoms with Crippen LogP contribution in [0.2, 0.25) is 0 Å². The Labute approximate surface area is 143 Å². The predicted molar refractivity (Wildman–Crippen MR) is 93.0 cm³/mol. The van der Waals surface area contributed by atoms with Gasteiger partial charge in [0.1, 0.15) is 11.9 Å². The minimum atomic E-state index is -0.436. The predicted octanol–water partition coefficient (Wildman–Crippen LogP) is 4.22. The minimum Gasteiger partial charge on any atom is -0.489 e. The highest BCUT2D eigenvalue weighted by Crippen LogP contribution is 2.51. The van der Waals surface area contributed by atoms with Gasteiger partial charge in [0.15, 0.2) is 0 Å². The summed E-state index contributed by atoms with van der Waals surface area (Å²) in [6.07, 6.45) is 2.91. The van der Waals surface area contributed by atoms with Crippen LogP contribution in [-0.4, -0.2) is 17.7 Å². The highest BCUT2D eigenvalue weighted by Gasteiger charge is 2.50. The monoisotopic (exact) mass is 324 g/mol. The molecule has 1 unspecified atom stereocenters. The Morgan fingerprint density at radius 3 is 2.50 bits per heavy atom. The maximum atomic E-state index is 13.0. The molecule has 0 spiro atoms. The zero-order chi connectivity index (χ0) is 17.4. The fraction of sp³-hybridized carbons (Fsp3) is 0.524. The van der Waals surface area contributed by atoms with E-state index in [1.165, 1.54) is 5.56 Å². The Balaban J connectivity index is 2.02. The molecule has 1 aromatic rings. The molecule has 0 N–H and O–H groups in total. The van der Waals surface area contributed by atoms with Crippen molar-refractivity contribution in [3.05, 3.63) is 40.0 Å². The molecule has 1 heterocycles. The van der Waals surface area contributed by atoms with Crippen LogP contribution < -0.4 is 0 Å². The number of ketones is 2. The lowest BCUT2D eigenvalue weighted by Gasteiger charge is -2.35. The highest BCUT2D eigenvalue weighted by molar-refractivity contribution is 6.53. The van der Waals surface area contributed by atoms with Crippen molar-refractivity contribution < 1.29 is 14.3 Å². The first kappa shape index (κ1) is 15.6. The van der Waals surface area contributed by atoms with Crippen molar-refractivity contribution in [1.29, 1.82) is 0 Å². The molecule has 2 aliphatic carbocycles. The van der Waals surface area contributed by atoms with E-state index in [4.69, 9.17) is 4.74 Å². The van der Waals surface area contributed by atoms with E-state index in [0.717, 1.165) is 30.4 Å². The second-order valence-corrected chi connectivity index (χ2v) is 8.60. The first-order valence-electron chi connectivity index (χ1n) is 8.83. The van der Waals surface area contributed by atoms with Crippen molar-refractivity contribution in [3.8, 4) is 0 Å². The van der Waals surface area contributed by atoms with Gasteiger partial charge >= 0.3 is 0 Å². The Hall–Kier alpha value is -1.90. The van der Waals surface area contributed by atoms with E-state index in [1.807, 2.05) is 26.8 Å². The smallest absolute Gasteiger partial charge is 0.234 e. The average molecular weight is 324 g/mol. The highest BCUT2D eigenvalue weighted by atomic mass is 16.5. The van der Waals surface area contributed by atoms with E-state index in [1.54, 1.807) is 0 Å². The molecule has 3 aliphatic rings. The number of rotatable bonds is 0. The van der Waals surface area contributed by atoms with Crippen LogP contribution in [0.15, 0.2) is 17.7 Å². The number of carbonyl (C=O) groups is 2. The lowest BCUT2D eigenvalue weighted by atomic mass is 9.68. The Bertz CT molecular complexity index is 824. The van der Waals surface area contributed by atoms with Gasteiger partial charge in [-0.25, -0.2) is 0 Å². The van der Waals surface area contributed by atoms with Gasteiger partial charge in [-0.15, -0.1) is 0 Å². The molecule has 0 saturated heterocycles. The van der Waals surface area contributed by atoms with Crippen LogP contribution in [0.25, 0.3) is 5.76 Å². The summed E-state index contributed by atoms with van der Waals surface area (Å²) in [6, 6.07) is 4.13. The van der Waals surface area contributed by atoms with Crippen molar-refractivity contribution in [2.24, 2.45) is 5.41 Å². The van der Waals surface area contributed by atoms with Gasteiger partial charge in [0, 0.05) is 16.5 Å². The van der Waals surface area contributed by atoms with Gasteiger partial charge in [0.2, 0.25) is 11.6 Å². The molecular formula is C21H24O3. The van der Waals surface area contributed by atoms with E-state index in [2.05, 4.69) is 19.9 Å². The second kappa shape index (κ2) is 4.59. The number of ether oxygens (including phenoxy) is 1. The van der Waals surface area contributed by atoms with E-state index in [0.29, 0.717) is 16.9 Å². The molecule has 24 heavy (non-hydrogen) atoms. The normalized spacial score (nSPS) is 26.6. The number of Topliss-reactive ketones (excluding diaryl/α,β-unsaturated/α-hetero) is 2. The lowest BCUT2D eigenvalue weighted by Crippen LogP contribution is -2.34. The van der Waals surface area contributed by atoms with Crippen LogP contribution in [0.1, 0.15) is 74.5 Å². The number of hydrogen-bond donors (Lipinski definition) is 0. The Kier molecular flexibility index (Phi) is 2.99. The average Bonchev–Trinajstić information content (AvgIpc) is 2.74. The molecule has 3 nitrogen and oxygen atoms in total. The van der Waals surface area contributed by atoms with Crippen LogP contribution in [-0.2, 0) is 21.4 Å². The van der Waals surface area contributed by atoms with Crippen LogP contribution in [0, 0.1) is 5.41 Å². The van der Waals surface area contributed by atoms with Crippen LogP contribution in [0.3, 0.4) is 0 Å². The largest absolute Gasteiger partial charge is 0.489 e. The fourth-order valence-electron chi connectivity index (χ4n) is 4.53. The van der Waals surface area contributed by atoms with E-state index in [-0.39, 0.29) is 23.1 Å². The summed E-state index contributed by atoms with van der Waals surface area (Å²) in [5.41, 5.74) is 3.87. The van der Waals surface area contributed by atoms with Gasteiger partial charge in [-0.2, -0.15) is 0 Å². The summed E-state index contributed by atoms with van der Waals surface area (Å²) < 4.78 is 6.08. The van der Waals surface area contributed by atoms with Gasteiger partial charge in [-0.05, 0) is 42.7 Å². The standard InChI is InChI=1S/C21H24O3/c1-11-21(4,5)16-18(23)17(22)15-12-7-6-10-20(2,3)14(12)9-8-13(15)19(16)24-11/h8-9,11H,6-7,10H2,1-5H3. The van der Waals surface area contributed by atoms with Crippen LogP contribution >= 0.6 is 0 Å². The molecule has 0 amide bonds. The zero-order valence-electron chi connectivity index (χ0n) is 15.1. The maximum absolute atomic E-state index is 13.0. The first-order chi connectivity index (χ1) is 11.2. The zero-order valence-corrected chi connectivity index (χ0v) is 15.1. The van der Waals surface area contributed by atoms with E-state index in [9.17, 15) is 9.59 Å². The number of benzene rings is 1. The molecule has 1 aromatic carbocycles. The van der Waals surface area contributed by atoms with Crippen molar-refractivity contribution in [1.82, 2.24) is 0 Å². The SMILES string of the molecule is CC1OC2=C(C(=O)C(=O)c3c2ccc2c3CCCC2(C)C)C1(C)C. The third-order valence-corrected chi connectivity index (χ3v) is 6.36. The number of fused-ring (bicyclic) bond motifs is 4. The van der Waals surface area contributed by atoms with Crippen LogP contribution in [0.5, 0.6) is 0 Å². The topological polar surface area (TPSA) is 43.4 Å². The molecule has 1 atom stereocenters. The minimum absolute atomic E-state index is 0.0453. The molecule has 0 aromatic heterocycles. The summed E-state index contributed by atoms with van der Waals surface area (Å²) in [7, 11) is 0. The van der Waals surface area contributed by atoms with Crippen molar-refractivity contribution >= 4 is 17.3 Å². The fourth-order valence-corrected chi connectivity index (χ4v) is 4.53. The molecule has 4 rings (SSSR count). The quantitative estimate of drug-likeness (QED) is 0.671. The molecule has 1 aliphatic heterocycles. The summed E-state index contributed by atoms with van der Waals surface area (Å²) in [6.45, 7) is 10.4. The number of hydrogen-bond acceptors (Lipinski definition) is 3. The third kappa shape index (κ3) is 1.78. The van der Waals surface area contributed by atoms with Crippen LogP contribution in [0.4, 0.5) is 0 Å². The first-order valence-corrected chi connectivity index (χ1v) is 8.83. The van der Waals surface area contributed by atoms with Crippen molar-refractivity contribution in [2.45, 2.75) is 65.4 Å². The van der Waals surface area contributed by atoms with Gasteiger partial charge < -0.3 is 4.74 Å². The second-order valence-electron chi connectivity index (χ2n) is 8.60. The molecule has 3 heteroatoms. The summed E-state index contributed by atoms with van der Waals surface area (Å²) >= 11 is 0. The van der Waals surface area contributed by atoms with Crippen molar-refractivity contribution in [2.75, 3.05) is 0 Å². The Morgan fingerprint density at radius 2 is 1.79 bits per heavy atom. The summed E-state index contributed by atoms with van der Waals surface area (Å²) in [5, 5.41) is 0. The number of carbonyl (C=O) groups excluding carboxylic acids is 2. The third-order valence-electron chi connectivity index (χ3n) is 6.36. The van der Waals surface area contributed by atoms with Gasteiger partial charge in [-0.1, -0.05) is 39.8 Å². The molecule has 0 bridgehead atoms. The Morgan fingerprint density at radius 1 is 1.08 bits per heavy atom. The molecule has 0 radical (unpaired) electrons. The molecule has 126 valence electrons. The molecule has 0 saturated carbocycles. The summed E-state index contributed by atoms with van der Waals surface area (Å²) in [4.78, 5) is 25.9. The summed E-state index contributed by atoms with van der Waals surface area (Å²) in [5.74, 6) is -0.0778. The molecule has 0 fully saturated rings. The van der Waals surface area contributed by atoms with E-state index < -0.39 is 5.41 Å². The van der Waals surface area contributed by atoms with Gasteiger partial charge in [0.05, 0.1) is 5.57 Å². The van der Waals surface area contributed by atoms with E-state index >= 15 is 0 Å². The van der Waals surface area contributed by atoms with Crippen molar-refractivity contribution in [3.63, 3.8) is 0 Å². The van der Waals surface area contributed by atoms with Gasteiger partial charge in [-0.3, -0.25) is 9.59 Å². The maximum Gasteiger partial charge on any atom is 0.234 e.